The molecule has 1 saturated heterocycles. The molecule has 2 aromatic carbocycles. The highest BCUT2D eigenvalue weighted by Crippen LogP contribution is 2.33. The molecule has 0 bridgehead atoms. The van der Waals surface area contributed by atoms with E-state index in [1.165, 1.54) is 49.6 Å². The number of hydrogen-bond acceptors (Lipinski definition) is 7. The van der Waals surface area contributed by atoms with Gasteiger partial charge in [0.15, 0.2) is 0 Å². The summed E-state index contributed by atoms with van der Waals surface area (Å²) in [6, 6.07) is 12.6. The molecule has 3 aromatic rings. The zero-order chi connectivity index (χ0) is 23.7. The van der Waals surface area contributed by atoms with Gasteiger partial charge in [-0.2, -0.15) is 0 Å². The lowest BCUT2D eigenvalue weighted by molar-refractivity contribution is -0.384. The average molecular weight is 512 g/mol. The molecule has 1 fully saturated rings. The number of hydrogen-bond donors (Lipinski definition) is 1. The van der Waals surface area contributed by atoms with Crippen molar-refractivity contribution in [3.8, 4) is 17.1 Å². The molecule has 0 atom stereocenters. The van der Waals surface area contributed by atoms with Gasteiger partial charge in [0.25, 0.3) is 17.5 Å². The van der Waals surface area contributed by atoms with Crippen LogP contribution in [0.1, 0.15) is 5.76 Å². The van der Waals surface area contributed by atoms with E-state index >= 15 is 0 Å². The Bertz CT molecular complexity index is 1330. The number of amides is 4. The Morgan fingerprint density at radius 3 is 2.45 bits per heavy atom. The molecule has 4 rings (SSSR count). The van der Waals surface area contributed by atoms with E-state index in [0.717, 1.165) is 4.90 Å². The third-order valence-corrected chi connectivity index (χ3v) is 5.43. The van der Waals surface area contributed by atoms with Gasteiger partial charge in [-0.05, 0) is 64.5 Å². The number of rotatable bonds is 5. The number of nitrogens with zero attached hydrogens (tertiary/aromatic N) is 2. The van der Waals surface area contributed by atoms with E-state index in [1.54, 1.807) is 18.2 Å². The van der Waals surface area contributed by atoms with Crippen LogP contribution in [0.15, 0.2) is 69.1 Å². The summed E-state index contributed by atoms with van der Waals surface area (Å²) in [5, 5.41) is 13.1. The first-order chi connectivity index (χ1) is 15.8. The second-order valence-electron chi connectivity index (χ2n) is 6.78. The maximum atomic E-state index is 13.0. The van der Waals surface area contributed by atoms with Gasteiger partial charge in [0.1, 0.15) is 22.8 Å². The Kier molecular flexibility index (Phi) is 5.80. The number of nitro groups is 1. The highest BCUT2D eigenvalue weighted by atomic mass is 79.9. The minimum Gasteiger partial charge on any atom is -0.497 e. The normalized spacial score (nSPS) is 15.0. The van der Waals surface area contributed by atoms with Crippen LogP contribution in [0.25, 0.3) is 17.4 Å². The highest BCUT2D eigenvalue weighted by molar-refractivity contribution is 9.10. The van der Waals surface area contributed by atoms with Gasteiger partial charge in [0.2, 0.25) is 0 Å². The minimum absolute atomic E-state index is 0.0905. The number of carbonyl (C=O) groups excluding carboxylic acids is 3. The average Bonchev–Trinajstić information content (AvgIpc) is 3.25. The standard InChI is InChI=1S/C22H14BrN3O7/c1-32-14-5-2-12(3-6-14)25-21(28)17(20(27)24-22(25)29)11-15-7-9-19(33-15)16-8-4-13(26(30)31)10-18(16)23/h2-11H,1H3,(H,24,27,29)/b17-11-. The number of imide groups is 2. The first-order valence-electron chi connectivity index (χ1n) is 9.38. The molecule has 0 aliphatic carbocycles. The van der Waals surface area contributed by atoms with Gasteiger partial charge in [-0.3, -0.25) is 25.0 Å². The van der Waals surface area contributed by atoms with Gasteiger partial charge >= 0.3 is 6.03 Å². The van der Waals surface area contributed by atoms with E-state index < -0.39 is 22.8 Å². The molecular weight excluding hydrogens is 498 g/mol. The number of ether oxygens (including phenoxy) is 1. The van der Waals surface area contributed by atoms with Crippen LogP contribution in [0.2, 0.25) is 0 Å². The number of benzene rings is 2. The summed E-state index contributed by atoms with van der Waals surface area (Å²) in [4.78, 5) is 48.9. The maximum absolute atomic E-state index is 13.0. The number of halogens is 1. The Labute approximate surface area is 194 Å². The Balaban J connectivity index is 1.65. The highest BCUT2D eigenvalue weighted by Gasteiger charge is 2.37. The number of anilines is 1. The second-order valence-corrected chi connectivity index (χ2v) is 7.63. The van der Waals surface area contributed by atoms with Crippen molar-refractivity contribution in [2.45, 2.75) is 0 Å². The predicted molar refractivity (Wildman–Crippen MR) is 120 cm³/mol. The lowest BCUT2D eigenvalue weighted by Crippen LogP contribution is -2.54. The van der Waals surface area contributed by atoms with E-state index in [9.17, 15) is 24.5 Å². The molecule has 11 heteroatoms. The van der Waals surface area contributed by atoms with Crippen LogP contribution >= 0.6 is 15.9 Å². The third kappa shape index (κ3) is 4.26. The molecule has 0 radical (unpaired) electrons. The molecule has 10 nitrogen and oxygen atoms in total. The van der Waals surface area contributed by atoms with Gasteiger partial charge in [-0.25, -0.2) is 9.69 Å². The number of nitro benzene ring substituents is 1. The Morgan fingerprint density at radius 1 is 1.09 bits per heavy atom. The van der Waals surface area contributed by atoms with Crippen LogP contribution in [0.5, 0.6) is 5.75 Å². The third-order valence-electron chi connectivity index (χ3n) is 4.77. The summed E-state index contributed by atoms with van der Waals surface area (Å²) < 4.78 is 11.2. The van der Waals surface area contributed by atoms with Crippen LogP contribution in [-0.4, -0.2) is 29.9 Å². The molecule has 0 saturated carbocycles. The van der Waals surface area contributed by atoms with Crippen molar-refractivity contribution in [1.29, 1.82) is 0 Å². The van der Waals surface area contributed by atoms with Gasteiger partial charge in [0, 0.05) is 22.2 Å². The van der Waals surface area contributed by atoms with Crippen molar-refractivity contribution < 1.29 is 28.5 Å². The van der Waals surface area contributed by atoms with Crippen LogP contribution in [-0.2, 0) is 9.59 Å². The SMILES string of the molecule is COc1ccc(N2C(=O)NC(=O)/C(=C/c3ccc(-c4ccc([N+](=O)[O-])cc4Br)o3)C2=O)cc1. The fourth-order valence-corrected chi connectivity index (χ4v) is 3.72. The van der Waals surface area contributed by atoms with Crippen molar-refractivity contribution in [2.75, 3.05) is 12.0 Å². The number of urea groups is 1. The van der Waals surface area contributed by atoms with Crippen molar-refractivity contribution in [3.05, 3.63) is 80.5 Å². The van der Waals surface area contributed by atoms with E-state index in [0.29, 0.717) is 21.5 Å². The van der Waals surface area contributed by atoms with Crippen LogP contribution < -0.4 is 15.0 Å². The number of barbiturate groups is 1. The van der Waals surface area contributed by atoms with E-state index in [-0.39, 0.29) is 22.7 Å². The molecule has 33 heavy (non-hydrogen) atoms. The summed E-state index contributed by atoms with van der Waals surface area (Å²) >= 11 is 3.28. The molecule has 1 aliphatic heterocycles. The van der Waals surface area contributed by atoms with Crippen molar-refractivity contribution in [2.24, 2.45) is 0 Å². The van der Waals surface area contributed by atoms with Gasteiger partial charge in [-0.1, -0.05) is 0 Å². The van der Waals surface area contributed by atoms with E-state index in [1.807, 2.05) is 0 Å². The Hall–Kier alpha value is -4.25. The zero-order valence-corrected chi connectivity index (χ0v) is 18.5. The van der Waals surface area contributed by atoms with Crippen molar-refractivity contribution in [1.82, 2.24) is 5.32 Å². The number of carbonyl (C=O) groups is 3. The fraction of sp³-hybridized carbons (Fsp3) is 0.0455. The lowest BCUT2D eigenvalue weighted by atomic mass is 10.1. The largest absolute Gasteiger partial charge is 0.497 e. The zero-order valence-electron chi connectivity index (χ0n) is 16.9. The first-order valence-corrected chi connectivity index (χ1v) is 10.2. The molecule has 4 amide bonds. The van der Waals surface area contributed by atoms with Crippen molar-refractivity contribution in [3.63, 3.8) is 0 Å². The van der Waals surface area contributed by atoms with Gasteiger partial charge < -0.3 is 9.15 Å². The summed E-state index contributed by atoms with van der Waals surface area (Å²) in [5.74, 6) is -0.600. The summed E-state index contributed by atoms with van der Waals surface area (Å²) in [7, 11) is 1.49. The Morgan fingerprint density at radius 2 is 1.82 bits per heavy atom. The predicted octanol–water partition coefficient (Wildman–Crippen LogP) is 4.29. The lowest BCUT2D eigenvalue weighted by Gasteiger charge is -2.26. The van der Waals surface area contributed by atoms with Crippen LogP contribution in [0, 0.1) is 10.1 Å². The maximum Gasteiger partial charge on any atom is 0.335 e. The van der Waals surface area contributed by atoms with Crippen LogP contribution in [0.3, 0.4) is 0 Å². The molecule has 0 spiro atoms. The van der Waals surface area contributed by atoms with Gasteiger partial charge in [-0.15, -0.1) is 0 Å². The fourth-order valence-electron chi connectivity index (χ4n) is 3.16. The quantitative estimate of drug-likeness (QED) is 0.233. The number of furan rings is 1. The number of non-ortho nitro benzene ring substituents is 1. The first kappa shape index (κ1) is 22.0. The summed E-state index contributed by atoms with van der Waals surface area (Å²) in [6.45, 7) is 0. The van der Waals surface area contributed by atoms with Crippen molar-refractivity contribution >= 4 is 51.2 Å². The number of nitrogens with one attached hydrogen (secondary N) is 1. The summed E-state index contributed by atoms with van der Waals surface area (Å²) in [5.41, 5.74) is 0.410. The topological polar surface area (TPSA) is 132 Å². The molecule has 1 aliphatic rings. The molecular formula is C22H14BrN3O7. The van der Waals surface area contributed by atoms with Crippen LogP contribution in [0.4, 0.5) is 16.2 Å². The monoisotopic (exact) mass is 511 g/mol. The molecule has 1 N–H and O–H groups in total. The molecule has 2 heterocycles. The van der Waals surface area contributed by atoms with Gasteiger partial charge in [0.05, 0.1) is 17.7 Å². The van der Waals surface area contributed by atoms with E-state index in [4.69, 9.17) is 9.15 Å². The molecule has 166 valence electrons. The molecule has 0 unspecified atom stereocenters. The summed E-state index contributed by atoms with van der Waals surface area (Å²) in [6.07, 6.45) is 1.23. The molecule has 1 aromatic heterocycles. The smallest absolute Gasteiger partial charge is 0.335 e. The second kappa shape index (κ2) is 8.71. The van der Waals surface area contributed by atoms with E-state index in [2.05, 4.69) is 21.2 Å². The number of methoxy groups -OCH3 is 1. The minimum atomic E-state index is -0.873.